The van der Waals surface area contributed by atoms with Gasteiger partial charge in [-0.05, 0) is 0 Å². The molecule has 0 saturated heterocycles. The van der Waals surface area contributed by atoms with Crippen LogP contribution in [0.4, 0.5) is 0 Å². The second-order valence-corrected chi connectivity index (χ2v) is 2.59. The zero-order valence-corrected chi connectivity index (χ0v) is 12.7. The van der Waals surface area contributed by atoms with Crippen molar-refractivity contribution >= 4 is 8.80 Å². The Balaban J connectivity index is -0.0000000267. The Labute approximate surface area is 116 Å². The van der Waals surface area contributed by atoms with E-state index in [-0.39, 0.29) is 88.7 Å². The van der Waals surface area contributed by atoms with Gasteiger partial charge >= 0.3 is 88.7 Å². The minimum Gasteiger partial charge on any atom is -0.881 e. The number of hydrogen-bond donors (Lipinski definition) is 0. The maximum absolute atomic E-state index is 9.13. The van der Waals surface area contributed by atoms with Crippen LogP contribution < -0.4 is 103 Å². The van der Waals surface area contributed by atoms with E-state index in [1.165, 1.54) is 0 Å². The first-order valence-corrected chi connectivity index (χ1v) is 3.34. The average Bonchev–Trinajstić information content (AvgIpc) is 0.722. The van der Waals surface area contributed by atoms with Crippen LogP contribution in [0.5, 0.6) is 0 Å². The molecule has 0 aromatic rings. The van der Waals surface area contributed by atoms with Crippen LogP contribution in [-0.4, -0.2) is 8.80 Å². The van der Waals surface area contributed by atoms with Crippen LogP contribution in [0.3, 0.4) is 0 Å². The van der Waals surface area contributed by atoms with Gasteiger partial charge in [0.05, 0.1) is 0 Å². The summed E-state index contributed by atoms with van der Waals surface area (Å²) in [5.41, 5.74) is 0. The molecule has 0 unspecified atom stereocenters. The number of rotatable bonds is 0. The van der Waals surface area contributed by atoms with Crippen LogP contribution in [-0.2, 0) is 0 Å². The standard InChI is InChI=1S/CH3O3Si.3Na/c1-5(2,3)4;;;/h1H3;;;/q-3;3*+1. The Morgan fingerprint density at radius 3 is 0.875 bits per heavy atom. The van der Waals surface area contributed by atoms with Gasteiger partial charge in [0.1, 0.15) is 0 Å². The van der Waals surface area contributed by atoms with E-state index >= 15 is 0 Å². The molecule has 0 aliphatic heterocycles. The minimum absolute atomic E-state index is 0. The molecular formula is CH3Na3O3Si. The molecule has 0 aliphatic carbocycles. The van der Waals surface area contributed by atoms with E-state index in [2.05, 4.69) is 0 Å². The van der Waals surface area contributed by atoms with Gasteiger partial charge in [0.25, 0.3) is 0 Å². The molecule has 0 bridgehead atoms. The molecule has 0 fully saturated rings. The van der Waals surface area contributed by atoms with Gasteiger partial charge in [-0.2, -0.15) is 0 Å². The molecule has 0 atom stereocenters. The molecule has 0 aliphatic rings. The van der Waals surface area contributed by atoms with E-state index in [1.807, 2.05) is 0 Å². The zero-order valence-electron chi connectivity index (χ0n) is 5.72. The van der Waals surface area contributed by atoms with E-state index in [0.717, 1.165) is 0 Å². The first-order valence-electron chi connectivity index (χ1n) is 1.11. The molecule has 0 amide bonds. The summed E-state index contributed by atoms with van der Waals surface area (Å²) >= 11 is 0. The monoisotopic (exact) mass is 160 g/mol. The summed E-state index contributed by atoms with van der Waals surface area (Å²) in [6, 6.07) is 0. The van der Waals surface area contributed by atoms with Crippen molar-refractivity contribution in [2.24, 2.45) is 0 Å². The molecule has 0 heterocycles. The van der Waals surface area contributed by atoms with Gasteiger partial charge in [0, 0.05) is 0 Å². The number of hydrogen-bond acceptors (Lipinski definition) is 3. The predicted molar refractivity (Wildman–Crippen MR) is 11.6 cm³/mol. The molecule has 3 nitrogen and oxygen atoms in total. The van der Waals surface area contributed by atoms with Gasteiger partial charge in [-0.25, -0.2) is 0 Å². The molecule has 8 heavy (non-hydrogen) atoms. The van der Waals surface area contributed by atoms with Gasteiger partial charge in [-0.15, -0.1) is 6.55 Å². The zero-order chi connectivity index (χ0) is 4.50. The summed E-state index contributed by atoms with van der Waals surface area (Å²) in [4.78, 5) is 27.4. The fraction of sp³-hybridized carbons (Fsp3) is 1.00. The SMILES string of the molecule is C[Si]([O-])([O-])[O-].[Na+].[Na+].[Na+]. The summed E-state index contributed by atoms with van der Waals surface area (Å²) in [5, 5.41) is 0. The van der Waals surface area contributed by atoms with E-state index in [9.17, 15) is 0 Å². The average molecular weight is 160 g/mol. The molecule has 0 radical (unpaired) electrons. The topological polar surface area (TPSA) is 69.2 Å². The van der Waals surface area contributed by atoms with Gasteiger partial charge < -0.3 is 14.4 Å². The van der Waals surface area contributed by atoms with Crippen molar-refractivity contribution in [1.82, 2.24) is 0 Å². The summed E-state index contributed by atoms with van der Waals surface area (Å²) in [7, 11) is -4.36. The first-order chi connectivity index (χ1) is 2.00. The Kier molecular flexibility index (Phi) is 28.3. The summed E-state index contributed by atoms with van der Waals surface area (Å²) in [6.45, 7) is 0.660. The largest absolute Gasteiger partial charge is 1.00 e. The second-order valence-electron chi connectivity index (χ2n) is 0.862. The Bertz CT molecular complexity index is 30.0. The third-order valence-corrected chi connectivity index (χ3v) is 0. The molecule has 0 N–H and O–H groups in total. The van der Waals surface area contributed by atoms with Gasteiger partial charge in [-0.1, -0.05) is 0 Å². The van der Waals surface area contributed by atoms with E-state index in [1.54, 1.807) is 0 Å². The minimum atomic E-state index is -4.36. The fourth-order valence-corrected chi connectivity index (χ4v) is 0. The molecule has 0 aromatic heterocycles. The molecular weight excluding hydrogens is 157 g/mol. The van der Waals surface area contributed by atoms with Crippen LogP contribution in [0.25, 0.3) is 0 Å². The van der Waals surface area contributed by atoms with Crippen LogP contribution >= 0.6 is 0 Å². The van der Waals surface area contributed by atoms with Crippen molar-refractivity contribution in [3.63, 3.8) is 0 Å². The van der Waals surface area contributed by atoms with Crippen molar-refractivity contribution in [2.45, 2.75) is 6.55 Å². The summed E-state index contributed by atoms with van der Waals surface area (Å²) in [5.74, 6) is 0. The van der Waals surface area contributed by atoms with E-state index in [0.29, 0.717) is 6.55 Å². The third kappa shape index (κ3) is 62.2. The van der Waals surface area contributed by atoms with Crippen LogP contribution in [0.1, 0.15) is 0 Å². The summed E-state index contributed by atoms with van der Waals surface area (Å²) < 4.78 is 0. The normalized spacial score (nSPS) is 7.50. The molecule has 0 spiro atoms. The quantitative estimate of drug-likeness (QED) is 0.330. The molecule has 0 saturated carbocycles. The van der Waals surface area contributed by atoms with Gasteiger partial charge in [0.2, 0.25) is 0 Å². The first kappa shape index (κ1) is 22.5. The second kappa shape index (κ2) is 10.1. The van der Waals surface area contributed by atoms with Crippen molar-refractivity contribution in [1.29, 1.82) is 0 Å². The smallest absolute Gasteiger partial charge is 0.881 e. The molecule has 0 aromatic carbocycles. The van der Waals surface area contributed by atoms with E-state index in [4.69, 9.17) is 14.4 Å². The molecule has 7 heteroatoms. The molecule has 32 valence electrons. The van der Waals surface area contributed by atoms with Crippen molar-refractivity contribution < 1.29 is 103 Å². The van der Waals surface area contributed by atoms with Crippen molar-refractivity contribution in [2.75, 3.05) is 0 Å². The fourth-order valence-electron chi connectivity index (χ4n) is 0. The Morgan fingerprint density at radius 2 is 0.875 bits per heavy atom. The molecule has 0 rings (SSSR count). The van der Waals surface area contributed by atoms with E-state index < -0.39 is 8.80 Å². The van der Waals surface area contributed by atoms with Crippen molar-refractivity contribution in [3.05, 3.63) is 0 Å². The Hall–Kier alpha value is 3.10. The Morgan fingerprint density at radius 1 is 0.875 bits per heavy atom. The maximum atomic E-state index is 9.13. The van der Waals surface area contributed by atoms with Crippen LogP contribution in [0, 0.1) is 0 Å². The predicted octanol–water partition coefficient (Wildman–Crippen LogP) is -12.4. The van der Waals surface area contributed by atoms with Crippen LogP contribution in [0.15, 0.2) is 0 Å². The van der Waals surface area contributed by atoms with Crippen LogP contribution in [0.2, 0.25) is 6.55 Å². The summed E-state index contributed by atoms with van der Waals surface area (Å²) in [6.07, 6.45) is 0. The maximum Gasteiger partial charge on any atom is 1.00 e. The van der Waals surface area contributed by atoms with Crippen molar-refractivity contribution in [3.8, 4) is 0 Å². The third-order valence-electron chi connectivity index (χ3n) is 0. The van der Waals surface area contributed by atoms with Gasteiger partial charge in [0.15, 0.2) is 0 Å². The van der Waals surface area contributed by atoms with Gasteiger partial charge in [-0.3, -0.25) is 8.80 Å².